The van der Waals surface area contributed by atoms with Crippen molar-refractivity contribution in [1.29, 1.82) is 5.26 Å². The van der Waals surface area contributed by atoms with Crippen LogP contribution in [0.1, 0.15) is 5.56 Å². The van der Waals surface area contributed by atoms with E-state index in [1.807, 2.05) is 6.07 Å². The van der Waals surface area contributed by atoms with E-state index in [9.17, 15) is 10.1 Å². The summed E-state index contributed by atoms with van der Waals surface area (Å²) in [6.45, 7) is 0. The second-order valence-corrected chi connectivity index (χ2v) is 3.83. The molecular formula is C14H10N2O3. The van der Waals surface area contributed by atoms with Crippen molar-refractivity contribution in [3.05, 3.63) is 58.1 Å². The summed E-state index contributed by atoms with van der Waals surface area (Å²) in [6, 6.07) is 13.3. The zero-order valence-electron chi connectivity index (χ0n) is 10.2. The van der Waals surface area contributed by atoms with Crippen molar-refractivity contribution in [1.82, 2.24) is 0 Å². The smallest absolute Gasteiger partial charge is 0.278 e. The van der Waals surface area contributed by atoms with Crippen LogP contribution < -0.4 is 4.74 Å². The summed E-state index contributed by atoms with van der Waals surface area (Å²) in [4.78, 5) is 10.6. The Hall–Kier alpha value is -2.87. The van der Waals surface area contributed by atoms with E-state index >= 15 is 0 Å². The fourth-order valence-corrected chi connectivity index (χ4v) is 1.77. The Balaban J connectivity index is 2.54. The zero-order valence-corrected chi connectivity index (χ0v) is 10.2. The lowest BCUT2D eigenvalue weighted by atomic mass is 10.0. The van der Waals surface area contributed by atoms with Crippen molar-refractivity contribution in [3.8, 4) is 22.9 Å². The van der Waals surface area contributed by atoms with Crippen LogP contribution in [0.5, 0.6) is 5.75 Å². The van der Waals surface area contributed by atoms with Gasteiger partial charge in [-0.25, -0.2) is 0 Å². The molecule has 94 valence electrons. The first-order valence-electron chi connectivity index (χ1n) is 5.48. The van der Waals surface area contributed by atoms with Crippen LogP contribution in [-0.4, -0.2) is 12.0 Å². The minimum absolute atomic E-state index is 0.0794. The van der Waals surface area contributed by atoms with Crippen molar-refractivity contribution >= 4 is 5.69 Å². The van der Waals surface area contributed by atoms with Crippen molar-refractivity contribution in [2.24, 2.45) is 0 Å². The SMILES string of the molecule is COc1ccc(-c2ccc(C#N)cc2[N+](=O)[O-])cc1. The first kappa shape index (κ1) is 12.6. The largest absolute Gasteiger partial charge is 0.497 e. The van der Waals surface area contributed by atoms with E-state index in [4.69, 9.17) is 10.00 Å². The minimum atomic E-state index is -0.486. The molecule has 0 atom stereocenters. The number of rotatable bonds is 3. The molecule has 0 spiro atoms. The number of ether oxygens (including phenoxy) is 1. The Morgan fingerprint density at radius 2 is 1.89 bits per heavy atom. The van der Waals surface area contributed by atoms with Gasteiger partial charge in [-0.05, 0) is 29.8 Å². The summed E-state index contributed by atoms with van der Waals surface area (Å²) < 4.78 is 5.04. The lowest BCUT2D eigenvalue weighted by Gasteiger charge is -2.05. The molecule has 0 aliphatic heterocycles. The van der Waals surface area contributed by atoms with Crippen LogP contribution in [0.2, 0.25) is 0 Å². The van der Waals surface area contributed by atoms with Crippen molar-refractivity contribution in [2.45, 2.75) is 0 Å². The van der Waals surface area contributed by atoms with Gasteiger partial charge >= 0.3 is 0 Å². The Morgan fingerprint density at radius 1 is 1.21 bits per heavy atom. The van der Waals surface area contributed by atoms with Gasteiger partial charge < -0.3 is 4.74 Å². The van der Waals surface area contributed by atoms with Crippen LogP contribution >= 0.6 is 0 Å². The van der Waals surface area contributed by atoms with E-state index < -0.39 is 4.92 Å². The molecule has 0 radical (unpaired) electrons. The third kappa shape index (κ3) is 2.53. The van der Waals surface area contributed by atoms with Crippen LogP contribution in [0.25, 0.3) is 11.1 Å². The Bertz CT molecular complexity index is 657. The predicted molar refractivity (Wildman–Crippen MR) is 69.8 cm³/mol. The monoisotopic (exact) mass is 254 g/mol. The molecule has 5 nitrogen and oxygen atoms in total. The number of benzene rings is 2. The number of methoxy groups -OCH3 is 1. The average molecular weight is 254 g/mol. The van der Waals surface area contributed by atoms with Crippen molar-refractivity contribution in [3.63, 3.8) is 0 Å². The van der Waals surface area contributed by atoms with Gasteiger partial charge in [-0.15, -0.1) is 0 Å². The second-order valence-electron chi connectivity index (χ2n) is 3.83. The zero-order chi connectivity index (χ0) is 13.8. The molecule has 0 bridgehead atoms. The lowest BCUT2D eigenvalue weighted by Crippen LogP contribution is -1.93. The molecular weight excluding hydrogens is 244 g/mol. The molecule has 0 aliphatic rings. The molecule has 2 rings (SSSR count). The standard InChI is InChI=1S/C14H10N2O3/c1-19-12-5-3-11(4-6-12)13-7-2-10(9-15)8-14(13)16(17)18/h2-8H,1H3. The highest BCUT2D eigenvalue weighted by molar-refractivity contribution is 5.75. The van der Waals surface area contributed by atoms with Gasteiger partial charge in [0.05, 0.1) is 29.2 Å². The molecule has 0 saturated heterocycles. The maximum absolute atomic E-state index is 11.1. The molecule has 0 unspecified atom stereocenters. The maximum Gasteiger partial charge on any atom is 0.278 e. The quantitative estimate of drug-likeness (QED) is 0.622. The maximum atomic E-state index is 11.1. The summed E-state index contributed by atoms with van der Waals surface area (Å²) in [5, 5.41) is 19.8. The Labute approximate surface area is 109 Å². The Kier molecular flexibility index (Phi) is 3.44. The van der Waals surface area contributed by atoms with Gasteiger partial charge in [0.1, 0.15) is 5.75 Å². The molecule has 0 saturated carbocycles. The van der Waals surface area contributed by atoms with Crippen molar-refractivity contribution < 1.29 is 9.66 Å². The highest BCUT2D eigenvalue weighted by atomic mass is 16.6. The summed E-state index contributed by atoms with van der Waals surface area (Å²) in [5.41, 5.74) is 1.37. The van der Waals surface area contributed by atoms with E-state index in [2.05, 4.69) is 0 Å². The van der Waals surface area contributed by atoms with Gasteiger partial charge in [0.25, 0.3) is 5.69 Å². The molecule has 19 heavy (non-hydrogen) atoms. The van der Waals surface area contributed by atoms with E-state index in [0.29, 0.717) is 16.9 Å². The summed E-state index contributed by atoms with van der Waals surface area (Å²) in [5.74, 6) is 0.681. The van der Waals surface area contributed by atoms with E-state index in [1.54, 1.807) is 43.5 Å². The van der Waals surface area contributed by atoms with Gasteiger partial charge in [-0.2, -0.15) is 5.26 Å². The second kappa shape index (κ2) is 5.19. The van der Waals surface area contributed by atoms with Gasteiger partial charge in [-0.1, -0.05) is 12.1 Å². The lowest BCUT2D eigenvalue weighted by molar-refractivity contribution is -0.384. The molecule has 2 aromatic carbocycles. The van der Waals surface area contributed by atoms with Crippen molar-refractivity contribution in [2.75, 3.05) is 7.11 Å². The number of nitro groups is 1. The van der Waals surface area contributed by atoms with Gasteiger partial charge in [0, 0.05) is 6.07 Å². The van der Waals surface area contributed by atoms with Crippen LogP contribution in [-0.2, 0) is 0 Å². The number of hydrogen-bond donors (Lipinski definition) is 0. The average Bonchev–Trinajstić information content (AvgIpc) is 2.46. The number of nitrogens with zero attached hydrogens (tertiary/aromatic N) is 2. The van der Waals surface area contributed by atoms with Crippen LogP contribution in [0.15, 0.2) is 42.5 Å². The van der Waals surface area contributed by atoms with Gasteiger partial charge in [-0.3, -0.25) is 10.1 Å². The predicted octanol–water partition coefficient (Wildman–Crippen LogP) is 3.14. The van der Waals surface area contributed by atoms with E-state index in [0.717, 1.165) is 0 Å². The van der Waals surface area contributed by atoms with Crippen LogP contribution in [0, 0.1) is 21.4 Å². The minimum Gasteiger partial charge on any atom is -0.497 e. The van der Waals surface area contributed by atoms with Gasteiger partial charge in [0.2, 0.25) is 0 Å². The molecule has 0 amide bonds. The number of hydrogen-bond acceptors (Lipinski definition) is 4. The fraction of sp³-hybridized carbons (Fsp3) is 0.0714. The normalized spacial score (nSPS) is 9.68. The molecule has 0 N–H and O–H groups in total. The van der Waals surface area contributed by atoms with Crippen LogP contribution in [0.3, 0.4) is 0 Å². The molecule has 0 heterocycles. The number of nitriles is 1. The van der Waals surface area contributed by atoms with Gasteiger partial charge in [0.15, 0.2) is 0 Å². The summed E-state index contributed by atoms with van der Waals surface area (Å²) in [7, 11) is 1.55. The molecule has 0 aliphatic carbocycles. The molecule has 5 heteroatoms. The first-order chi connectivity index (χ1) is 9.15. The Morgan fingerprint density at radius 3 is 2.42 bits per heavy atom. The molecule has 0 aromatic heterocycles. The highest BCUT2D eigenvalue weighted by Crippen LogP contribution is 2.31. The van der Waals surface area contributed by atoms with E-state index in [1.165, 1.54) is 6.07 Å². The topological polar surface area (TPSA) is 76.2 Å². The first-order valence-corrected chi connectivity index (χ1v) is 5.48. The summed E-state index contributed by atoms with van der Waals surface area (Å²) >= 11 is 0. The highest BCUT2D eigenvalue weighted by Gasteiger charge is 2.16. The molecule has 2 aromatic rings. The van der Waals surface area contributed by atoms with E-state index in [-0.39, 0.29) is 11.3 Å². The third-order valence-electron chi connectivity index (χ3n) is 2.72. The van der Waals surface area contributed by atoms with Crippen LogP contribution in [0.4, 0.5) is 5.69 Å². The number of nitro benzene ring substituents is 1. The fourth-order valence-electron chi connectivity index (χ4n) is 1.77. The summed E-state index contributed by atoms with van der Waals surface area (Å²) in [6.07, 6.45) is 0. The molecule has 0 fully saturated rings. The third-order valence-corrected chi connectivity index (χ3v) is 2.72.